The zero-order chi connectivity index (χ0) is 18.9. The van der Waals surface area contributed by atoms with Crippen LogP contribution >= 0.6 is 0 Å². The fourth-order valence-corrected chi connectivity index (χ4v) is 3.22. The highest BCUT2D eigenvalue weighted by atomic mass is 16.6. The fraction of sp³-hybridized carbons (Fsp3) is 0.364. The van der Waals surface area contributed by atoms with E-state index in [9.17, 15) is 9.59 Å². The first-order valence-corrected chi connectivity index (χ1v) is 9.42. The number of aryl methyl sites for hydroxylation is 1. The van der Waals surface area contributed by atoms with Crippen molar-refractivity contribution in [1.29, 1.82) is 0 Å². The van der Waals surface area contributed by atoms with Gasteiger partial charge in [0.25, 0.3) is 0 Å². The Bertz CT molecular complexity index is 732. The van der Waals surface area contributed by atoms with Gasteiger partial charge < -0.3 is 9.47 Å². The minimum Gasteiger partial charge on any atom is -0.464 e. The summed E-state index contributed by atoms with van der Waals surface area (Å²) in [7, 11) is 0. The summed E-state index contributed by atoms with van der Waals surface area (Å²) in [5.74, 6) is -0.336. The van der Waals surface area contributed by atoms with Crippen LogP contribution in [0.1, 0.15) is 30.4 Å². The van der Waals surface area contributed by atoms with Gasteiger partial charge in [-0.15, -0.1) is 0 Å². The lowest BCUT2D eigenvalue weighted by Crippen LogP contribution is -2.41. The van der Waals surface area contributed by atoms with Gasteiger partial charge in [-0.25, -0.2) is 9.59 Å². The number of likely N-dealkylation sites (tertiary alicyclic amines) is 1. The smallest absolute Gasteiger partial charge is 0.410 e. The first-order chi connectivity index (χ1) is 13.2. The summed E-state index contributed by atoms with van der Waals surface area (Å²) in [5, 5.41) is 0. The Balaban J connectivity index is 1.42. The van der Waals surface area contributed by atoms with Crippen LogP contribution in [0.3, 0.4) is 0 Å². The number of ether oxygens (including phenoxy) is 2. The van der Waals surface area contributed by atoms with Crippen molar-refractivity contribution in [2.24, 2.45) is 0 Å². The third-order valence-corrected chi connectivity index (χ3v) is 4.66. The van der Waals surface area contributed by atoms with Crippen LogP contribution in [-0.2, 0) is 27.3 Å². The van der Waals surface area contributed by atoms with E-state index in [0.717, 1.165) is 24.8 Å². The Morgan fingerprint density at radius 3 is 2.30 bits per heavy atom. The zero-order valence-electron chi connectivity index (χ0n) is 15.4. The van der Waals surface area contributed by atoms with Crippen LogP contribution in [0.15, 0.2) is 60.7 Å². The molecular weight excluding hydrogens is 342 g/mol. The minimum atomic E-state index is -0.537. The number of hydrogen-bond acceptors (Lipinski definition) is 4. The third kappa shape index (κ3) is 5.58. The van der Waals surface area contributed by atoms with Gasteiger partial charge >= 0.3 is 12.1 Å². The van der Waals surface area contributed by atoms with Crippen LogP contribution in [0.25, 0.3) is 0 Å². The maximum Gasteiger partial charge on any atom is 0.410 e. The summed E-state index contributed by atoms with van der Waals surface area (Å²) in [4.78, 5) is 26.2. The van der Waals surface area contributed by atoms with Crippen LogP contribution in [-0.4, -0.2) is 36.2 Å². The lowest BCUT2D eigenvalue weighted by Gasteiger charge is -2.22. The molecule has 5 nitrogen and oxygen atoms in total. The van der Waals surface area contributed by atoms with Crippen molar-refractivity contribution in [2.75, 3.05) is 13.2 Å². The van der Waals surface area contributed by atoms with Gasteiger partial charge in [0.15, 0.2) is 0 Å². The van der Waals surface area contributed by atoms with Gasteiger partial charge in [-0.3, -0.25) is 4.90 Å². The number of rotatable bonds is 7. The highest BCUT2D eigenvalue weighted by Gasteiger charge is 2.36. The lowest BCUT2D eigenvalue weighted by atomic mass is 10.1. The lowest BCUT2D eigenvalue weighted by molar-refractivity contribution is -0.148. The van der Waals surface area contributed by atoms with E-state index < -0.39 is 12.1 Å². The van der Waals surface area contributed by atoms with Gasteiger partial charge in [-0.1, -0.05) is 60.7 Å². The van der Waals surface area contributed by atoms with Crippen LogP contribution < -0.4 is 0 Å². The monoisotopic (exact) mass is 367 g/mol. The van der Waals surface area contributed by atoms with E-state index in [1.165, 1.54) is 10.5 Å². The van der Waals surface area contributed by atoms with Crippen LogP contribution in [0.2, 0.25) is 0 Å². The first kappa shape index (κ1) is 19.0. The average molecular weight is 367 g/mol. The molecule has 1 saturated heterocycles. The second kappa shape index (κ2) is 9.76. The Kier molecular flexibility index (Phi) is 6.85. The number of amides is 1. The van der Waals surface area contributed by atoms with Crippen LogP contribution in [0.4, 0.5) is 4.79 Å². The molecule has 142 valence electrons. The zero-order valence-corrected chi connectivity index (χ0v) is 15.4. The number of carbonyl (C=O) groups is 2. The van der Waals surface area contributed by atoms with Crippen LogP contribution in [0.5, 0.6) is 0 Å². The molecule has 0 bridgehead atoms. The minimum absolute atomic E-state index is 0.203. The largest absolute Gasteiger partial charge is 0.464 e. The number of nitrogens with zero attached hydrogens (tertiary/aromatic N) is 1. The third-order valence-electron chi connectivity index (χ3n) is 4.66. The van der Waals surface area contributed by atoms with E-state index in [4.69, 9.17) is 9.47 Å². The first-order valence-electron chi connectivity index (χ1n) is 9.42. The predicted octanol–water partition coefficient (Wildman–Crippen LogP) is 3.96. The molecule has 1 aliphatic heterocycles. The molecule has 0 unspecified atom stereocenters. The number of hydrogen-bond donors (Lipinski definition) is 0. The van der Waals surface area contributed by atoms with Gasteiger partial charge in [0, 0.05) is 6.54 Å². The Morgan fingerprint density at radius 1 is 0.926 bits per heavy atom. The maximum absolute atomic E-state index is 12.4. The second-order valence-electron chi connectivity index (χ2n) is 6.65. The van der Waals surface area contributed by atoms with Gasteiger partial charge in [0.2, 0.25) is 0 Å². The van der Waals surface area contributed by atoms with E-state index in [2.05, 4.69) is 12.1 Å². The normalized spacial score (nSPS) is 16.1. The molecule has 1 amide bonds. The molecule has 1 heterocycles. The summed E-state index contributed by atoms with van der Waals surface area (Å²) >= 11 is 0. The molecular formula is C22H25NO4. The highest BCUT2D eigenvalue weighted by molar-refractivity contribution is 5.82. The Morgan fingerprint density at radius 2 is 1.59 bits per heavy atom. The van der Waals surface area contributed by atoms with E-state index in [1.807, 2.05) is 48.5 Å². The van der Waals surface area contributed by atoms with E-state index >= 15 is 0 Å². The summed E-state index contributed by atoms with van der Waals surface area (Å²) in [5.41, 5.74) is 2.14. The number of esters is 1. The maximum atomic E-state index is 12.4. The van der Waals surface area contributed by atoms with Gasteiger partial charge in [0.1, 0.15) is 12.6 Å². The molecule has 1 fully saturated rings. The summed E-state index contributed by atoms with van der Waals surface area (Å²) in [6, 6.07) is 19.1. The summed E-state index contributed by atoms with van der Waals surface area (Å²) in [6.07, 6.45) is 2.58. The average Bonchev–Trinajstić information content (AvgIpc) is 3.21. The molecule has 1 aliphatic rings. The standard InChI is InChI=1S/C22H25NO4/c24-21(26-16-8-13-18-9-3-1-4-10-18)20-14-7-15-23(20)22(25)27-17-19-11-5-2-6-12-19/h1-6,9-12,20H,7-8,13-17H2/t20-/m0/s1. The highest BCUT2D eigenvalue weighted by Crippen LogP contribution is 2.20. The molecule has 0 aliphatic carbocycles. The molecule has 0 spiro atoms. The van der Waals surface area contributed by atoms with E-state index in [1.54, 1.807) is 0 Å². The van der Waals surface area contributed by atoms with Crippen molar-refractivity contribution in [3.8, 4) is 0 Å². The topological polar surface area (TPSA) is 55.8 Å². The second-order valence-corrected chi connectivity index (χ2v) is 6.65. The molecule has 0 saturated carbocycles. The summed E-state index contributed by atoms with van der Waals surface area (Å²) in [6.45, 7) is 1.09. The van der Waals surface area contributed by atoms with Gasteiger partial charge in [-0.2, -0.15) is 0 Å². The molecule has 3 rings (SSSR count). The fourth-order valence-electron chi connectivity index (χ4n) is 3.22. The Labute approximate surface area is 159 Å². The van der Waals surface area contributed by atoms with Crippen molar-refractivity contribution in [1.82, 2.24) is 4.90 Å². The molecule has 27 heavy (non-hydrogen) atoms. The van der Waals surface area contributed by atoms with Crippen molar-refractivity contribution in [2.45, 2.75) is 38.3 Å². The molecule has 2 aromatic carbocycles. The van der Waals surface area contributed by atoms with E-state index in [0.29, 0.717) is 19.6 Å². The predicted molar refractivity (Wildman–Crippen MR) is 102 cm³/mol. The van der Waals surface area contributed by atoms with Crippen molar-refractivity contribution in [3.63, 3.8) is 0 Å². The SMILES string of the molecule is O=C(OCCCc1ccccc1)[C@@H]1CCCN1C(=O)OCc1ccccc1. The molecule has 2 aromatic rings. The van der Waals surface area contributed by atoms with Crippen molar-refractivity contribution >= 4 is 12.1 Å². The van der Waals surface area contributed by atoms with Gasteiger partial charge in [-0.05, 0) is 36.8 Å². The Hall–Kier alpha value is -2.82. The number of benzene rings is 2. The van der Waals surface area contributed by atoms with E-state index in [-0.39, 0.29) is 12.6 Å². The van der Waals surface area contributed by atoms with Crippen LogP contribution in [0, 0.1) is 0 Å². The summed E-state index contributed by atoms with van der Waals surface area (Å²) < 4.78 is 10.8. The van der Waals surface area contributed by atoms with Gasteiger partial charge in [0.05, 0.1) is 6.61 Å². The number of carbonyl (C=O) groups excluding carboxylic acids is 2. The van der Waals surface area contributed by atoms with Crippen molar-refractivity contribution < 1.29 is 19.1 Å². The quantitative estimate of drug-likeness (QED) is 0.549. The van der Waals surface area contributed by atoms with Crippen molar-refractivity contribution in [3.05, 3.63) is 71.8 Å². The molecule has 0 N–H and O–H groups in total. The molecule has 1 atom stereocenters. The molecule has 0 aromatic heterocycles. The molecule has 5 heteroatoms. The molecule has 0 radical (unpaired) electrons.